The minimum Gasteiger partial charge on any atom is -0.452 e. The molecule has 0 unspecified atom stereocenters. The molecular formula is C22H22N2O4. The number of hydrogen-bond acceptors (Lipinski definition) is 4. The van der Waals surface area contributed by atoms with Crippen molar-refractivity contribution in [2.75, 3.05) is 16.8 Å². The summed E-state index contributed by atoms with van der Waals surface area (Å²) in [5.74, 6) is -1.39. The first-order chi connectivity index (χ1) is 13.3. The van der Waals surface area contributed by atoms with Crippen molar-refractivity contribution in [3.8, 4) is 0 Å². The highest BCUT2D eigenvalue weighted by Crippen LogP contribution is 2.36. The van der Waals surface area contributed by atoms with E-state index in [1.807, 2.05) is 31.2 Å². The first-order valence-corrected chi connectivity index (χ1v) is 8.94. The summed E-state index contributed by atoms with van der Waals surface area (Å²) in [4.78, 5) is 38.5. The Labute approximate surface area is 163 Å². The van der Waals surface area contributed by atoms with Gasteiger partial charge in [-0.1, -0.05) is 42.0 Å². The Morgan fingerprint density at radius 1 is 1.11 bits per heavy atom. The first-order valence-electron chi connectivity index (χ1n) is 8.94. The largest absolute Gasteiger partial charge is 0.452 e. The van der Waals surface area contributed by atoms with E-state index < -0.39 is 24.0 Å². The predicted molar refractivity (Wildman–Crippen MR) is 108 cm³/mol. The third kappa shape index (κ3) is 3.96. The van der Waals surface area contributed by atoms with Gasteiger partial charge in [0.25, 0.3) is 5.91 Å². The van der Waals surface area contributed by atoms with Crippen LogP contribution in [0.5, 0.6) is 0 Å². The molecule has 2 aromatic carbocycles. The second-order valence-corrected chi connectivity index (χ2v) is 7.11. The summed E-state index contributed by atoms with van der Waals surface area (Å²) >= 11 is 0. The van der Waals surface area contributed by atoms with Crippen molar-refractivity contribution in [2.24, 2.45) is 0 Å². The number of nitrogens with one attached hydrogen (secondary N) is 1. The van der Waals surface area contributed by atoms with E-state index in [1.54, 1.807) is 44.2 Å². The second kappa shape index (κ2) is 7.68. The summed E-state index contributed by atoms with van der Waals surface area (Å²) in [5, 5.41) is 2.79. The zero-order valence-electron chi connectivity index (χ0n) is 16.1. The molecule has 2 aromatic rings. The molecule has 1 aliphatic rings. The number of amides is 2. The molecule has 0 saturated carbocycles. The summed E-state index contributed by atoms with van der Waals surface area (Å²) in [6.07, 6.45) is 2.90. The maximum Gasteiger partial charge on any atom is 0.331 e. The number of rotatable bonds is 4. The molecular weight excluding hydrogens is 356 g/mol. The van der Waals surface area contributed by atoms with Crippen molar-refractivity contribution < 1.29 is 19.1 Å². The smallest absolute Gasteiger partial charge is 0.331 e. The Bertz CT molecular complexity index is 945. The van der Waals surface area contributed by atoms with Crippen molar-refractivity contribution >= 4 is 35.2 Å². The molecule has 0 bridgehead atoms. The quantitative estimate of drug-likeness (QED) is 0.654. The van der Waals surface area contributed by atoms with E-state index in [4.69, 9.17) is 4.74 Å². The lowest BCUT2D eigenvalue weighted by Gasteiger charge is -2.41. The number of esters is 1. The van der Waals surface area contributed by atoms with Crippen LogP contribution < -0.4 is 10.2 Å². The number of para-hydroxylation sites is 2. The molecule has 0 fully saturated rings. The van der Waals surface area contributed by atoms with Gasteiger partial charge in [0.1, 0.15) is 5.54 Å². The maximum absolute atomic E-state index is 12.8. The number of carbonyl (C=O) groups is 3. The standard InChI is InChI=1S/C22H22N2O4/c1-15-8-10-16(11-9-15)12-13-20(26)28-14-19(25)24-18-7-5-4-6-17(18)23-21(27)22(24,2)3/h4-13H,14H2,1-3H3,(H,23,27)/b13-12+. The van der Waals surface area contributed by atoms with Crippen LogP contribution in [0.2, 0.25) is 0 Å². The van der Waals surface area contributed by atoms with Gasteiger partial charge in [-0.2, -0.15) is 0 Å². The van der Waals surface area contributed by atoms with Crippen LogP contribution in [0.3, 0.4) is 0 Å². The lowest BCUT2D eigenvalue weighted by atomic mass is 9.96. The van der Waals surface area contributed by atoms with Gasteiger partial charge >= 0.3 is 5.97 Å². The Kier molecular flexibility index (Phi) is 5.31. The number of aryl methyl sites for hydroxylation is 1. The van der Waals surface area contributed by atoms with Crippen LogP contribution >= 0.6 is 0 Å². The van der Waals surface area contributed by atoms with E-state index in [1.165, 1.54) is 11.0 Å². The number of benzene rings is 2. The van der Waals surface area contributed by atoms with Crippen LogP contribution in [0.4, 0.5) is 11.4 Å². The molecule has 0 radical (unpaired) electrons. The van der Waals surface area contributed by atoms with Crippen LogP contribution in [-0.2, 0) is 19.1 Å². The van der Waals surface area contributed by atoms with E-state index >= 15 is 0 Å². The van der Waals surface area contributed by atoms with Crippen LogP contribution in [0.15, 0.2) is 54.6 Å². The fourth-order valence-corrected chi connectivity index (χ4v) is 2.99. The highest BCUT2D eigenvalue weighted by molar-refractivity contribution is 6.14. The molecule has 6 nitrogen and oxygen atoms in total. The molecule has 0 saturated heterocycles. The fourth-order valence-electron chi connectivity index (χ4n) is 2.99. The summed E-state index contributed by atoms with van der Waals surface area (Å²) in [7, 11) is 0. The molecule has 3 rings (SSSR count). The van der Waals surface area contributed by atoms with Crippen molar-refractivity contribution in [1.82, 2.24) is 0 Å². The average molecular weight is 378 g/mol. The van der Waals surface area contributed by atoms with Crippen LogP contribution in [0, 0.1) is 6.92 Å². The molecule has 0 aliphatic carbocycles. The number of carbonyl (C=O) groups excluding carboxylic acids is 3. The van der Waals surface area contributed by atoms with Gasteiger partial charge in [-0.05, 0) is 44.5 Å². The van der Waals surface area contributed by atoms with Gasteiger partial charge in [-0.15, -0.1) is 0 Å². The summed E-state index contributed by atoms with van der Waals surface area (Å²) in [6, 6.07) is 14.7. The van der Waals surface area contributed by atoms with E-state index in [0.717, 1.165) is 11.1 Å². The summed E-state index contributed by atoms with van der Waals surface area (Å²) in [5.41, 5.74) is 2.00. The van der Waals surface area contributed by atoms with E-state index in [-0.39, 0.29) is 5.91 Å². The van der Waals surface area contributed by atoms with Gasteiger partial charge in [-0.3, -0.25) is 14.5 Å². The van der Waals surface area contributed by atoms with E-state index in [2.05, 4.69) is 5.32 Å². The number of anilines is 2. The molecule has 1 aliphatic heterocycles. The highest BCUT2D eigenvalue weighted by Gasteiger charge is 2.43. The van der Waals surface area contributed by atoms with Gasteiger partial charge in [0.15, 0.2) is 6.61 Å². The van der Waals surface area contributed by atoms with E-state index in [9.17, 15) is 14.4 Å². The van der Waals surface area contributed by atoms with Crippen LogP contribution in [0.25, 0.3) is 6.08 Å². The Morgan fingerprint density at radius 2 is 1.79 bits per heavy atom. The number of ether oxygens (including phenoxy) is 1. The SMILES string of the molecule is Cc1ccc(/C=C/C(=O)OCC(=O)N2c3ccccc3NC(=O)C2(C)C)cc1. The Hall–Kier alpha value is -3.41. The highest BCUT2D eigenvalue weighted by atomic mass is 16.5. The third-order valence-electron chi connectivity index (χ3n) is 4.58. The van der Waals surface area contributed by atoms with Crippen LogP contribution in [0.1, 0.15) is 25.0 Å². The number of hydrogen-bond donors (Lipinski definition) is 1. The maximum atomic E-state index is 12.8. The molecule has 2 amide bonds. The van der Waals surface area contributed by atoms with Crippen LogP contribution in [-0.4, -0.2) is 29.9 Å². The van der Waals surface area contributed by atoms with Gasteiger partial charge in [0, 0.05) is 6.08 Å². The first kappa shape index (κ1) is 19.4. The summed E-state index contributed by atoms with van der Waals surface area (Å²) < 4.78 is 5.10. The molecule has 1 heterocycles. The van der Waals surface area contributed by atoms with Gasteiger partial charge in [-0.25, -0.2) is 4.79 Å². The summed E-state index contributed by atoms with van der Waals surface area (Å²) in [6.45, 7) is 4.82. The van der Waals surface area contributed by atoms with Crippen molar-refractivity contribution in [1.29, 1.82) is 0 Å². The minimum absolute atomic E-state index is 0.301. The second-order valence-electron chi connectivity index (χ2n) is 7.11. The minimum atomic E-state index is -1.10. The zero-order valence-corrected chi connectivity index (χ0v) is 16.1. The predicted octanol–water partition coefficient (Wildman–Crippen LogP) is 3.32. The molecule has 144 valence electrons. The molecule has 0 aromatic heterocycles. The zero-order chi connectivity index (χ0) is 20.3. The number of fused-ring (bicyclic) bond motifs is 1. The van der Waals surface area contributed by atoms with Gasteiger partial charge < -0.3 is 10.1 Å². The topological polar surface area (TPSA) is 75.7 Å². The van der Waals surface area contributed by atoms with Gasteiger partial charge in [0.05, 0.1) is 11.4 Å². The molecule has 1 N–H and O–H groups in total. The lowest BCUT2D eigenvalue weighted by molar-refractivity contribution is -0.143. The molecule has 28 heavy (non-hydrogen) atoms. The lowest BCUT2D eigenvalue weighted by Crippen LogP contribution is -2.59. The average Bonchev–Trinajstić information content (AvgIpc) is 2.66. The van der Waals surface area contributed by atoms with Crippen molar-refractivity contribution in [3.05, 3.63) is 65.7 Å². The molecule has 0 spiro atoms. The normalized spacial score (nSPS) is 15.1. The Balaban J connectivity index is 1.69. The molecule has 6 heteroatoms. The number of nitrogens with zero attached hydrogens (tertiary/aromatic N) is 1. The van der Waals surface area contributed by atoms with Crippen molar-refractivity contribution in [2.45, 2.75) is 26.3 Å². The van der Waals surface area contributed by atoms with Crippen molar-refractivity contribution in [3.63, 3.8) is 0 Å². The fraction of sp³-hybridized carbons (Fsp3) is 0.227. The van der Waals surface area contributed by atoms with Gasteiger partial charge in [0.2, 0.25) is 5.91 Å². The third-order valence-corrected chi connectivity index (χ3v) is 4.58. The Morgan fingerprint density at radius 3 is 2.50 bits per heavy atom. The monoisotopic (exact) mass is 378 g/mol. The molecule has 0 atom stereocenters. The van der Waals surface area contributed by atoms with E-state index in [0.29, 0.717) is 11.4 Å².